The summed E-state index contributed by atoms with van der Waals surface area (Å²) in [6.45, 7) is 5.47. The lowest BCUT2D eigenvalue weighted by molar-refractivity contribution is -0.123. The summed E-state index contributed by atoms with van der Waals surface area (Å²) in [6, 6.07) is 0. The Balaban J connectivity index is 3.45. The first-order chi connectivity index (χ1) is 5.48. The van der Waals surface area contributed by atoms with Crippen LogP contribution in [0.3, 0.4) is 0 Å². The summed E-state index contributed by atoms with van der Waals surface area (Å²) in [4.78, 5) is 11.2. The number of hydrogen-bond donors (Lipinski definition) is 0. The molecule has 12 heavy (non-hydrogen) atoms. The third kappa shape index (κ3) is 5.30. The number of carbonyl (C=O) groups is 1. The molecule has 0 saturated heterocycles. The first-order valence-electron chi connectivity index (χ1n) is 4.76. The number of rotatable bonds is 6. The van der Waals surface area contributed by atoms with Gasteiger partial charge in [0.25, 0.3) is 0 Å². The first kappa shape index (κ1) is 11.6. The highest BCUT2D eigenvalue weighted by Crippen LogP contribution is 2.09. The van der Waals surface area contributed by atoms with Gasteiger partial charge in [-0.15, -0.1) is 0 Å². The number of hydrogen-bond acceptors (Lipinski definition) is 1. The molecule has 0 amide bonds. The van der Waals surface area contributed by atoms with Crippen molar-refractivity contribution in [2.45, 2.75) is 58.4 Å². The lowest BCUT2D eigenvalue weighted by atomic mass is 9.96. The van der Waals surface area contributed by atoms with Crippen molar-refractivity contribution in [2.75, 3.05) is 0 Å². The number of carbonyl (C=O) groups excluding carboxylic acids is 1. The average Bonchev–Trinajstić information content (AvgIpc) is 1.96. The Morgan fingerprint density at radius 2 is 1.83 bits per heavy atom. The van der Waals surface area contributed by atoms with Crippen LogP contribution in [0.1, 0.15) is 52.9 Å². The standard InChI is InChI=1S/C10H20NO/c1-4-5-6-7-8-9(12)10(2,3)11/h11H,4-8H2,1-3H3. The minimum Gasteiger partial charge on any atom is -0.298 e. The summed E-state index contributed by atoms with van der Waals surface area (Å²) in [7, 11) is 0. The quantitative estimate of drug-likeness (QED) is 0.565. The minimum atomic E-state index is -0.883. The van der Waals surface area contributed by atoms with E-state index in [1.807, 2.05) is 0 Å². The van der Waals surface area contributed by atoms with E-state index in [-0.39, 0.29) is 5.78 Å². The molecule has 0 aromatic heterocycles. The Labute approximate surface area is 75.5 Å². The Kier molecular flexibility index (Phi) is 5.14. The number of ketones is 1. The zero-order valence-electron chi connectivity index (χ0n) is 8.44. The molecule has 0 aliphatic rings. The van der Waals surface area contributed by atoms with Gasteiger partial charge in [0.15, 0.2) is 5.78 Å². The van der Waals surface area contributed by atoms with E-state index in [2.05, 4.69) is 6.92 Å². The highest BCUT2D eigenvalue weighted by Gasteiger charge is 2.21. The predicted molar refractivity (Wildman–Crippen MR) is 50.9 cm³/mol. The van der Waals surface area contributed by atoms with E-state index in [0.29, 0.717) is 6.42 Å². The van der Waals surface area contributed by atoms with Gasteiger partial charge in [0, 0.05) is 6.42 Å². The van der Waals surface area contributed by atoms with Crippen molar-refractivity contribution >= 4 is 5.78 Å². The molecule has 0 bridgehead atoms. The molecule has 0 fully saturated rings. The molecule has 0 heterocycles. The molecule has 0 aliphatic heterocycles. The summed E-state index contributed by atoms with van der Waals surface area (Å²) >= 11 is 0. The topological polar surface area (TPSA) is 40.9 Å². The van der Waals surface area contributed by atoms with E-state index in [9.17, 15) is 4.79 Å². The molecule has 1 N–H and O–H groups in total. The van der Waals surface area contributed by atoms with Crippen LogP contribution in [0.5, 0.6) is 0 Å². The van der Waals surface area contributed by atoms with Gasteiger partial charge in [-0.25, -0.2) is 5.73 Å². The predicted octanol–water partition coefficient (Wildman–Crippen LogP) is 2.59. The Morgan fingerprint density at radius 3 is 2.25 bits per heavy atom. The molecule has 0 unspecified atom stereocenters. The van der Waals surface area contributed by atoms with E-state index in [4.69, 9.17) is 5.73 Å². The smallest absolute Gasteiger partial charge is 0.153 e. The van der Waals surface area contributed by atoms with Gasteiger partial charge < -0.3 is 0 Å². The van der Waals surface area contributed by atoms with Crippen molar-refractivity contribution in [3.8, 4) is 0 Å². The second kappa shape index (κ2) is 5.31. The van der Waals surface area contributed by atoms with Gasteiger partial charge in [-0.1, -0.05) is 26.2 Å². The Morgan fingerprint density at radius 1 is 1.25 bits per heavy atom. The van der Waals surface area contributed by atoms with E-state index in [0.717, 1.165) is 12.8 Å². The molecule has 0 spiro atoms. The van der Waals surface area contributed by atoms with Crippen molar-refractivity contribution in [3.63, 3.8) is 0 Å². The van der Waals surface area contributed by atoms with Crippen LogP contribution in [0.15, 0.2) is 0 Å². The minimum absolute atomic E-state index is 0.0682. The molecule has 0 aliphatic carbocycles. The second-order valence-electron chi connectivity index (χ2n) is 3.86. The molecule has 2 nitrogen and oxygen atoms in total. The summed E-state index contributed by atoms with van der Waals surface area (Å²) in [6.07, 6.45) is 5.05. The highest BCUT2D eigenvalue weighted by molar-refractivity contribution is 5.86. The van der Waals surface area contributed by atoms with Crippen LogP contribution in [0.25, 0.3) is 0 Å². The zero-order chi connectivity index (χ0) is 9.61. The molecular weight excluding hydrogens is 150 g/mol. The van der Waals surface area contributed by atoms with Gasteiger partial charge in [-0.2, -0.15) is 0 Å². The Hall–Kier alpha value is -0.370. The third-order valence-corrected chi connectivity index (χ3v) is 1.95. The summed E-state index contributed by atoms with van der Waals surface area (Å²) in [5, 5.41) is 0. The third-order valence-electron chi connectivity index (χ3n) is 1.95. The van der Waals surface area contributed by atoms with Gasteiger partial charge in [0.05, 0.1) is 5.54 Å². The number of nitrogens with one attached hydrogen (secondary N) is 1. The molecule has 71 valence electrons. The van der Waals surface area contributed by atoms with Crippen molar-refractivity contribution in [3.05, 3.63) is 0 Å². The van der Waals surface area contributed by atoms with Gasteiger partial charge in [-0.3, -0.25) is 4.79 Å². The maximum atomic E-state index is 11.2. The summed E-state index contributed by atoms with van der Waals surface area (Å²) in [5.41, 5.74) is 6.59. The molecule has 0 saturated carbocycles. The van der Waals surface area contributed by atoms with Gasteiger partial charge in [0.1, 0.15) is 0 Å². The molecular formula is C10H20NO. The molecule has 2 heteroatoms. The molecule has 0 atom stereocenters. The first-order valence-corrected chi connectivity index (χ1v) is 4.76. The van der Waals surface area contributed by atoms with E-state index in [1.54, 1.807) is 13.8 Å². The lowest BCUT2D eigenvalue weighted by Gasteiger charge is -2.14. The van der Waals surface area contributed by atoms with Gasteiger partial charge in [0.2, 0.25) is 0 Å². The number of unbranched alkanes of at least 4 members (excludes halogenated alkanes) is 3. The second-order valence-corrected chi connectivity index (χ2v) is 3.86. The van der Waals surface area contributed by atoms with E-state index in [1.165, 1.54) is 12.8 Å². The van der Waals surface area contributed by atoms with Gasteiger partial charge >= 0.3 is 0 Å². The average molecular weight is 170 g/mol. The van der Waals surface area contributed by atoms with Crippen molar-refractivity contribution < 1.29 is 4.79 Å². The van der Waals surface area contributed by atoms with Crippen LogP contribution in [0.4, 0.5) is 0 Å². The van der Waals surface area contributed by atoms with Crippen LogP contribution in [0, 0.1) is 0 Å². The van der Waals surface area contributed by atoms with Crippen molar-refractivity contribution in [1.29, 1.82) is 0 Å². The van der Waals surface area contributed by atoms with Crippen molar-refractivity contribution in [1.82, 2.24) is 5.73 Å². The molecule has 0 rings (SSSR count). The van der Waals surface area contributed by atoms with E-state index < -0.39 is 5.54 Å². The zero-order valence-corrected chi connectivity index (χ0v) is 8.44. The maximum absolute atomic E-state index is 11.2. The molecule has 0 aromatic carbocycles. The largest absolute Gasteiger partial charge is 0.298 e. The van der Waals surface area contributed by atoms with Crippen LogP contribution in [-0.2, 0) is 4.79 Å². The Bertz CT molecular complexity index is 135. The highest BCUT2D eigenvalue weighted by atomic mass is 16.1. The summed E-state index contributed by atoms with van der Waals surface area (Å²) < 4.78 is 0. The van der Waals surface area contributed by atoms with Crippen molar-refractivity contribution in [2.24, 2.45) is 0 Å². The fraction of sp³-hybridized carbons (Fsp3) is 0.900. The van der Waals surface area contributed by atoms with Crippen LogP contribution < -0.4 is 5.73 Å². The fourth-order valence-corrected chi connectivity index (χ4v) is 1.02. The van der Waals surface area contributed by atoms with Gasteiger partial charge in [-0.05, 0) is 20.3 Å². The fourth-order valence-electron chi connectivity index (χ4n) is 1.02. The lowest BCUT2D eigenvalue weighted by Crippen LogP contribution is -2.32. The van der Waals surface area contributed by atoms with Crippen LogP contribution in [0.2, 0.25) is 0 Å². The van der Waals surface area contributed by atoms with Crippen LogP contribution >= 0.6 is 0 Å². The SMILES string of the molecule is CCCCCCC(=O)C(C)(C)[NH]. The summed E-state index contributed by atoms with van der Waals surface area (Å²) in [5.74, 6) is 0.0682. The van der Waals surface area contributed by atoms with Crippen LogP contribution in [-0.4, -0.2) is 11.3 Å². The number of Topliss-reactive ketones (excluding diaryl/α,β-unsaturated/α-hetero) is 1. The monoisotopic (exact) mass is 170 g/mol. The maximum Gasteiger partial charge on any atom is 0.153 e. The van der Waals surface area contributed by atoms with E-state index >= 15 is 0 Å². The normalized spacial score (nSPS) is 11.7. The molecule has 1 radical (unpaired) electrons. The molecule has 0 aromatic rings.